The van der Waals surface area contributed by atoms with Crippen molar-refractivity contribution >= 4 is 46.2 Å². The molecular weight excluding hydrogens is 545 g/mol. The van der Waals surface area contributed by atoms with Gasteiger partial charge in [0.05, 0.1) is 5.56 Å². The maximum Gasteiger partial charge on any atom is 0.416 e. The van der Waals surface area contributed by atoms with E-state index in [0.717, 1.165) is 49.6 Å². The van der Waals surface area contributed by atoms with Gasteiger partial charge in [-0.15, -0.1) is 0 Å². The third kappa shape index (κ3) is 7.46. The van der Waals surface area contributed by atoms with Crippen molar-refractivity contribution in [3.8, 4) is 0 Å². The van der Waals surface area contributed by atoms with Gasteiger partial charge in [-0.25, -0.2) is 9.78 Å². The van der Waals surface area contributed by atoms with Crippen LogP contribution in [-0.4, -0.2) is 54.1 Å². The van der Waals surface area contributed by atoms with Crippen molar-refractivity contribution in [2.24, 2.45) is 0 Å². The number of benzene rings is 3. The summed E-state index contributed by atoms with van der Waals surface area (Å²) >= 11 is 0. The van der Waals surface area contributed by atoms with Gasteiger partial charge in [0.1, 0.15) is 5.82 Å². The van der Waals surface area contributed by atoms with Crippen LogP contribution >= 0.6 is 0 Å². The normalized spacial score (nSPS) is 13.9. The van der Waals surface area contributed by atoms with Gasteiger partial charge in [-0.1, -0.05) is 12.1 Å². The second-order valence-electron chi connectivity index (χ2n) is 10.1. The first-order valence-corrected chi connectivity index (χ1v) is 13.4. The molecule has 1 aromatic heterocycles. The number of aryl methyl sites for hydroxylation is 1. The average molecular weight is 577 g/mol. The summed E-state index contributed by atoms with van der Waals surface area (Å²) in [5.41, 5.74) is 3.13. The molecule has 42 heavy (non-hydrogen) atoms. The van der Waals surface area contributed by atoms with E-state index in [2.05, 4.69) is 60.2 Å². The summed E-state index contributed by atoms with van der Waals surface area (Å²) in [6.45, 7) is 5.95. The second-order valence-corrected chi connectivity index (χ2v) is 10.1. The van der Waals surface area contributed by atoms with Crippen LogP contribution in [-0.2, 0) is 6.18 Å². The topological polar surface area (TPSA) is 97.5 Å². The molecule has 4 aromatic rings. The molecule has 4 N–H and O–H groups in total. The van der Waals surface area contributed by atoms with Crippen LogP contribution < -0.4 is 26.2 Å². The smallest absolute Gasteiger partial charge is 0.369 e. The van der Waals surface area contributed by atoms with Crippen LogP contribution in [0, 0.1) is 6.92 Å². The lowest BCUT2D eigenvalue weighted by atomic mass is 10.2. The van der Waals surface area contributed by atoms with E-state index < -0.39 is 17.8 Å². The maximum atomic E-state index is 13.0. The molecule has 1 aliphatic rings. The lowest BCUT2D eigenvalue weighted by molar-refractivity contribution is -0.137. The predicted molar refractivity (Wildman–Crippen MR) is 160 cm³/mol. The molecule has 2 amide bonds. The molecule has 3 aromatic carbocycles. The first-order valence-electron chi connectivity index (χ1n) is 13.4. The lowest BCUT2D eigenvalue weighted by Crippen LogP contribution is -2.44. The summed E-state index contributed by atoms with van der Waals surface area (Å²) in [6, 6.07) is 18.9. The first kappa shape index (κ1) is 28.7. The van der Waals surface area contributed by atoms with Gasteiger partial charge in [0.25, 0.3) is 0 Å². The Hall–Kier alpha value is -4.84. The molecule has 9 nitrogen and oxygen atoms in total. The van der Waals surface area contributed by atoms with Crippen LogP contribution in [0.25, 0.3) is 0 Å². The minimum Gasteiger partial charge on any atom is -0.369 e. The Balaban J connectivity index is 1.21. The van der Waals surface area contributed by atoms with Crippen LogP contribution in [0.3, 0.4) is 0 Å². The van der Waals surface area contributed by atoms with E-state index in [4.69, 9.17) is 0 Å². The predicted octanol–water partition coefficient (Wildman–Crippen LogP) is 6.69. The van der Waals surface area contributed by atoms with E-state index in [1.807, 2.05) is 25.1 Å². The number of nitrogens with zero attached hydrogens (tertiary/aromatic N) is 4. The molecule has 1 aliphatic heterocycles. The molecule has 218 valence electrons. The minimum atomic E-state index is -4.50. The molecule has 1 fully saturated rings. The number of rotatable bonds is 7. The van der Waals surface area contributed by atoms with Crippen molar-refractivity contribution < 1.29 is 18.0 Å². The zero-order valence-electron chi connectivity index (χ0n) is 23.2. The highest BCUT2D eigenvalue weighted by Crippen LogP contribution is 2.31. The van der Waals surface area contributed by atoms with Crippen molar-refractivity contribution in [3.63, 3.8) is 0 Å². The second kappa shape index (κ2) is 12.4. The Morgan fingerprint density at radius 1 is 0.810 bits per heavy atom. The average Bonchev–Trinajstić information content (AvgIpc) is 2.96. The molecule has 0 bridgehead atoms. The number of carbonyl (C=O) groups is 1. The van der Waals surface area contributed by atoms with Crippen LogP contribution in [0.1, 0.15) is 11.1 Å². The molecule has 5 rings (SSSR count). The molecule has 0 unspecified atom stereocenters. The number of carbonyl (C=O) groups excluding carboxylic acids is 1. The van der Waals surface area contributed by atoms with E-state index in [0.29, 0.717) is 23.1 Å². The summed E-state index contributed by atoms with van der Waals surface area (Å²) in [5.74, 6) is 0.998. The van der Waals surface area contributed by atoms with Crippen molar-refractivity contribution in [2.45, 2.75) is 13.1 Å². The summed E-state index contributed by atoms with van der Waals surface area (Å²) in [6.07, 6.45) is -2.79. The molecule has 0 aliphatic carbocycles. The monoisotopic (exact) mass is 576 g/mol. The van der Waals surface area contributed by atoms with Crippen LogP contribution in [0.15, 0.2) is 79.0 Å². The molecule has 0 saturated carbocycles. The van der Waals surface area contributed by atoms with Crippen LogP contribution in [0.5, 0.6) is 0 Å². The third-order valence-electron chi connectivity index (χ3n) is 6.79. The zero-order chi connectivity index (χ0) is 29.7. The van der Waals surface area contributed by atoms with Gasteiger partial charge < -0.3 is 31.1 Å². The highest BCUT2D eigenvalue weighted by molar-refractivity contribution is 6.00. The van der Waals surface area contributed by atoms with Crippen molar-refractivity contribution in [3.05, 3.63) is 90.1 Å². The number of nitrogens with one attached hydrogen (secondary N) is 4. The number of anilines is 7. The van der Waals surface area contributed by atoms with Crippen molar-refractivity contribution in [2.75, 3.05) is 59.4 Å². The minimum absolute atomic E-state index is 0.0298. The fourth-order valence-corrected chi connectivity index (χ4v) is 4.46. The van der Waals surface area contributed by atoms with Crippen LogP contribution in [0.4, 0.5) is 58.2 Å². The fraction of sp³-hybridized carbons (Fsp3) is 0.233. The van der Waals surface area contributed by atoms with E-state index in [1.54, 1.807) is 24.4 Å². The van der Waals surface area contributed by atoms with Gasteiger partial charge in [0.2, 0.25) is 5.95 Å². The quantitative estimate of drug-likeness (QED) is 0.195. The fourth-order valence-electron chi connectivity index (χ4n) is 4.46. The standard InChI is InChI=1S/C30H31F3N8O/c1-20-19-34-28(36-22-9-11-26(12-10-22)41-15-13-40(2)14-16-41)39-27(20)35-24-7-4-8-25(18-24)38-29(42)37-23-6-3-5-21(17-23)30(31,32)33/h3-12,17-19H,13-16H2,1-2H3,(H2,37,38,42)(H2,34,35,36,39). The van der Waals surface area contributed by atoms with Crippen LogP contribution in [0.2, 0.25) is 0 Å². The van der Waals surface area contributed by atoms with Gasteiger partial charge in [-0.05, 0) is 74.6 Å². The van der Waals surface area contributed by atoms with Crippen molar-refractivity contribution in [1.82, 2.24) is 14.9 Å². The number of likely N-dealkylation sites (N-methyl/N-ethyl adjacent to an activating group) is 1. The van der Waals surface area contributed by atoms with Gasteiger partial charge in [-0.2, -0.15) is 18.2 Å². The largest absolute Gasteiger partial charge is 0.416 e. The van der Waals surface area contributed by atoms with Gasteiger partial charge in [0, 0.05) is 66.4 Å². The molecule has 12 heteroatoms. The van der Waals surface area contributed by atoms with E-state index in [-0.39, 0.29) is 5.69 Å². The molecule has 0 spiro atoms. The number of halogens is 3. The number of hydrogen-bond donors (Lipinski definition) is 4. The van der Waals surface area contributed by atoms with Gasteiger partial charge in [0.15, 0.2) is 0 Å². The zero-order valence-corrected chi connectivity index (χ0v) is 23.2. The third-order valence-corrected chi connectivity index (χ3v) is 6.79. The highest BCUT2D eigenvalue weighted by Gasteiger charge is 2.30. The Morgan fingerprint density at radius 2 is 1.45 bits per heavy atom. The van der Waals surface area contributed by atoms with E-state index in [1.165, 1.54) is 17.8 Å². The number of aromatic nitrogens is 2. The van der Waals surface area contributed by atoms with E-state index in [9.17, 15) is 18.0 Å². The summed E-state index contributed by atoms with van der Waals surface area (Å²) in [5, 5.41) is 11.6. The summed E-state index contributed by atoms with van der Waals surface area (Å²) < 4.78 is 38.9. The Morgan fingerprint density at radius 3 is 2.14 bits per heavy atom. The molecule has 0 radical (unpaired) electrons. The Labute approximate surface area is 241 Å². The van der Waals surface area contributed by atoms with Gasteiger partial charge in [-0.3, -0.25) is 0 Å². The lowest BCUT2D eigenvalue weighted by Gasteiger charge is -2.34. The number of hydrogen-bond acceptors (Lipinski definition) is 7. The molecular formula is C30H31F3N8O. The molecule has 2 heterocycles. The van der Waals surface area contributed by atoms with E-state index >= 15 is 0 Å². The summed E-state index contributed by atoms with van der Waals surface area (Å²) in [7, 11) is 2.13. The van der Waals surface area contributed by atoms with Crippen molar-refractivity contribution in [1.29, 1.82) is 0 Å². The first-order chi connectivity index (χ1) is 20.1. The Bertz CT molecular complexity index is 1540. The summed E-state index contributed by atoms with van der Waals surface area (Å²) in [4.78, 5) is 26.2. The molecule has 1 saturated heterocycles. The SMILES string of the molecule is Cc1cnc(Nc2ccc(N3CCN(C)CC3)cc2)nc1Nc1cccc(NC(=O)Nc2cccc(C(F)(F)F)c2)c1. The van der Waals surface area contributed by atoms with Gasteiger partial charge >= 0.3 is 12.2 Å². The number of urea groups is 1. The Kier molecular flexibility index (Phi) is 8.43. The number of piperazine rings is 1. The number of alkyl halides is 3. The number of amides is 2. The highest BCUT2D eigenvalue weighted by atomic mass is 19.4. The maximum absolute atomic E-state index is 13.0. The molecule has 0 atom stereocenters.